The van der Waals surface area contributed by atoms with Crippen LogP contribution in [0.2, 0.25) is 5.02 Å². The van der Waals surface area contributed by atoms with Crippen LogP contribution in [0.1, 0.15) is 12.0 Å². The standard InChI is InChI=1S/C22H23ClN2O3/c23-19-8-6-18(7-9-19)10-11-22(16-25-13-12-24-17-25)27-15-21(28-22)14-26-20-4-2-1-3-5-20/h1-9,12-13,17,21H,10-11,14-16H2/t21-,22+/m0/s1. The summed E-state index contributed by atoms with van der Waals surface area (Å²) in [5.41, 5.74) is 1.20. The van der Waals surface area contributed by atoms with E-state index in [1.807, 2.05) is 65.4 Å². The molecule has 0 saturated carbocycles. The first-order valence-electron chi connectivity index (χ1n) is 9.41. The number of para-hydroxylation sites is 1. The van der Waals surface area contributed by atoms with Crippen LogP contribution in [0.15, 0.2) is 73.3 Å². The number of rotatable bonds is 8. The highest BCUT2D eigenvalue weighted by molar-refractivity contribution is 6.30. The van der Waals surface area contributed by atoms with Crippen molar-refractivity contribution in [3.8, 4) is 5.75 Å². The van der Waals surface area contributed by atoms with Gasteiger partial charge in [-0.25, -0.2) is 4.98 Å². The Bertz CT molecular complexity index is 855. The summed E-state index contributed by atoms with van der Waals surface area (Å²) in [5.74, 6) is 0.129. The van der Waals surface area contributed by atoms with Gasteiger partial charge in [-0.1, -0.05) is 41.9 Å². The molecular weight excluding hydrogens is 376 g/mol. The van der Waals surface area contributed by atoms with E-state index in [0.717, 1.165) is 23.6 Å². The van der Waals surface area contributed by atoms with E-state index in [-0.39, 0.29) is 6.10 Å². The zero-order valence-electron chi connectivity index (χ0n) is 15.5. The SMILES string of the molecule is Clc1ccc(CC[C@@]2(Cn3ccnc3)OC[C@H](COc3ccccc3)O2)cc1. The highest BCUT2D eigenvalue weighted by Crippen LogP contribution is 2.31. The third-order valence-corrected chi connectivity index (χ3v) is 5.04. The lowest BCUT2D eigenvalue weighted by Crippen LogP contribution is -2.37. The number of nitrogens with zero attached hydrogens (tertiary/aromatic N) is 2. The number of imidazole rings is 1. The second-order valence-electron chi connectivity index (χ2n) is 6.95. The number of halogens is 1. The van der Waals surface area contributed by atoms with Gasteiger partial charge in [0.15, 0.2) is 5.79 Å². The van der Waals surface area contributed by atoms with Crippen LogP contribution in [0.3, 0.4) is 0 Å². The average molecular weight is 399 g/mol. The number of aryl methyl sites for hydroxylation is 1. The molecule has 4 rings (SSSR count). The fourth-order valence-corrected chi connectivity index (χ4v) is 3.47. The summed E-state index contributed by atoms with van der Waals surface area (Å²) in [6.45, 7) is 1.54. The van der Waals surface area contributed by atoms with Gasteiger partial charge in [-0.3, -0.25) is 0 Å². The Morgan fingerprint density at radius 3 is 2.71 bits per heavy atom. The van der Waals surface area contributed by atoms with Crippen LogP contribution in [-0.4, -0.2) is 34.7 Å². The Hall–Kier alpha value is -2.34. The first-order chi connectivity index (χ1) is 13.7. The predicted octanol–water partition coefficient (Wildman–Crippen LogP) is 4.36. The first kappa shape index (κ1) is 19.0. The fraction of sp³-hybridized carbons (Fsp3) is 0.318. The van der Waals surface area contributed by atoms with Crippen LogP contribution in [0.25, 0.3) is 0 Å². The van der Waals surface area contributed by atoms with E-state index in [0.29, 0.717) is 19.8 Å². The molecule has 5 nitrogen and oxygen atoms in total. The minimum absolute atomic E-state index is 0.117. The highest BCUT2D eigenvalue weighted by atomic mass is 35.5. The molecule has 2 heterocycles. The summed E-state index contributed by atoms with van der Waals surface area (Å²) in [6.07, 6.45) is 6.91. The molecule has 1 saturated heterocycles. The molecule has 1 aliphatic rings. The molecule has 3 aromatic rings. The molecule has 0 aliphatic carbocycles. The summed E-state index contributed by atoms with van der Waals surface area (Å²) in [6, 6.07) is 17.7. The number of hydrogen-bond acceptors (Lipinski definition) is 4. The van der Waals surface area contributed by atoms with Crippen molar-refractivity contribution in [2.24, 2.45) is 0 Å². The zero-order chi connectivity index (χ0) is 19.2. The molecule has 28 heavy (non-hydrogen) atoms. The van der Waals surface area contributed by atoms with E-state index in [4.69, 9.17) is 25.8 Å². The molecule has 2 aromatic carbocycles. The maximum Gasteiger partial charge on any atom is 0.187 e. The molecule has 146 valence electrons. The maximum atomic E-state index is 6.37. The van der Waals surface area contributed by atoms with Crippen LogP contribution in [0.4, 0.5) is 0 Å². The van der Waals surface area contributed by atoms with Crippen molar-refractivity contribution in [1.82, 2.24) is 9.55 Å². The largest absolute Gasteiger partial charge is 0.491 e. The smallest absolute Gasteiger partial charge is 0.187 e. The van der Waals surface area contributed by atoms with Crippen LogP contribution >= 0.6 is 11.6 Å². The van der Waals surface area contributed by atoms with Gasteiger partial charge in [0.2, 0.25) is 0 Å². The van der Waals surface area contributed by atoms with Crippen molar-refractivity contribution in [2.45, 2.75) is 31.3 Å². The molecule has 0 unspecified atom stereocenters. The molecule has 6 heteroatoms. The summed E-state index contributed by atoms with van der Waals surface area (Å²) in [5, 5.41) is 0.739. The molecule has 0 amide bonds. The number of hydrogen-bond donors (Lipinski definition) is 0. The predicted molar refractivity (Wildman–Crippen MR) is 107 cm³/mol. The van der Waals surface area contributed by atoms with Crippen LogP contribution in [-0.2, 0) is 22.4 Å². The number of ether oxygens (including phenoxy) is 3. The lowest BCUT2D eigenvalue weighted by Gasteiger charge is -2.28. The van der Waals surface area contributed by atoms with Crippen molar-refractivity contribution in [1.29, 1.82) is 0 Å². The van der Waals surface area contributed by atoms with Gasteiger partial charge in [-0.05, 0) is 36.2 Å². The van der Waals surface area contributed by atoms with Crippen LogP contribution < -0.4 is 4.74 Å². The second kappa shape index (κ2) is 8.78. The Kier molecular flexibility index (Phi) is 5.95. The van der Waals surface area contributed by atoms with Gasteiger partial charge in [0.05, 0.1) is 19.5 Å². The lowest BCUT2D eigenvalue weighted by atomic mass is 10.0. The molecule has 2 atom stereocenters. The Balaban J connectivity index is 1.41. The van der Waals surface area contributed by atoms with Crippen molar-refractivity contribution in [3.63, 3.8) is 0 Å². The van der Waals surface area contributed by atoms with Gasteiger partial charge in [0.25, 0.3) is 0 Å². The van der Waals surface area contributed by atoms with E-state index >= 15 is 0 Å². The molecule has 1 aromatic heterocycles. The topological polar surface area (TPSA) is 45.5 Å². The van der Waals surface area contributed by atoms with Gasteiger partial charge in [0.1, 0.15) is 18.5 Å². The third kappa shape index (κ3) is 4.93. The molecule has 0 spiro atoms. The van der Waals surface area contributed by atoms with Crippen molar-refractivity contribution in [3.05, 3.63) is 83.9 Å². The lowest BCUT2D eigenvalue weighted by molar-refractivity contribution is -0.184. The van der Waals surface area contributed by atoms with Crippen LogP contribution in [0.5, 0.6) is 5.75 Å². The van der Waals surface area contributed by atoms with E-state index in [2.05, 4.69) is 4.98 Å². The first-order valence-corrected chi connectivity index (χ1v) is 9.78. The fourth-order valence-electron chi connectivity index (χ4n) is 3.34. The van der Waals surface area contributed by atoms with Crippen molar-refractivity contribution in [2.75, 3.05) is 13.2 Å². The normalized spacial score (nSPS) is 21.7. The monoisotopic (exact) mass is 398 g/mol. The summed E-state index contributed by atoms with van der Waals surface area (Å²) in [7, 11) is 0. The van der Waals surface area contributed by atoms with E-state index in [1.54, 1.807) is 12.5 Å². The minimum Gasteiger partial charge on any atom is -0.491 e. The Labute approximate surface area is 169 Å². The quantitative estimate of drug-likeness (QED) is 0.565. The molecule has 0 radical (unpaired) electrons. The molecule has 0 bridgehead atoms. The summed E-state index contributed by atoms with van der Waals surface area (Å²) in [4.78, 5) is 4.13. The molecule has 1 fully saturated rings. The molecule has 1 aliphatic heterocycles. The van der Waals surface area contributed by atoms with Gasteiger partial charge >= 0.3 is 0 Å². The van der Waals surface area contributed by atoms with E-state index in [1.165, 1.54) is 5.56 Å². The van der Waals surface area contributed by atoms with Crippen molar-refractivity contribution < 1.29 is 14.2 Å². The average Bonchev–Trinajstić information content (AvgIpc) is 3.38. The summed E-state index contributed by atoms with van der Waals surface area (Å²) >= 11 is 5.99. The molecular formula is C22H23ClN2O3. The summed E-state index contributed by atoms with van der Waals surface area (Å²) < 4.78 is 20.4. The van der Waals surface area contributed by atoms with Gasteiger partial charge in [-0.15, -0.1) is 0 Å². The number of benzene rings is 2. The second-order valence-corrected chi connectivity index (χ2v) is 7.38. The van der Waals surface area contributed by atoms with Gasteiger partial charge in [-0.2, -0.15) is 0 Å². The van der Waals surface area contributed by atoms with Gasteiger partial charge < -0.3 is 18.8 Å². The molecule has 0 N–H and O–H groups in total. The Morgan fingerprint density at radius 2 is 1.96 bits per heavy atom. The highest BCUT2D eigenvalue weighted by Gasteiger charge is 2.42. The van der Waals surface area contributed by atoms with Crippen molar-refractivity contribution >= 4 is 11.6 Å². The maximum absolute atomic E-state index is 6.37. The third-order valence-electron chi connectivity index (χ3n) is 4.78. The minimum atomic E-state index is -0.703. The van der Waals surface area contributed by atoms with Crippen LogP contribution in [0, 0.1) is 0 Å². The number of aromatic nitrogens is 2. The van der Waals surface area contributed by atoms with E-state index < -0.39 is 5.79 Å². The Morgan fingerprint density at radius 1 is 1.14 bits per heavy atom. The van der Waals surface area contributed by atoms with Gasteiger partial charge in [0, 0.05) is 23.8 Å². The van der Waals surface area contributed by atoms with E-state index in [9.17, 15) is 0 Å². The zero-order valence-corrected chi connectivity index (χ0v) is 16.3.